The summed E-state index contributed by atoms with van der Waals surface area (Å²) in [6.45, 7) is -0.399. The molecule has 0 unspecified atom stereocenters. The van der Waals surface area contributed by atoms with Gasteiger partial charge in [-0.15, -0.1) is 0 Å². The van der Waals surface area contributed by atoms with Crippen LogP contribution >= 0.6 is 0 Å². The van der Waals surface area contributed by atoms with Crippen LogP contribution in [-0.4, -0.2) is 22.8 Å². The molecule has 1 aliphatic rings. The fourth-order valence-electron chi connectivity index (χ4n) is 0.379. The lowest BCUT2D eigenvalue weighted by atomic mass is 10.6. The number of nitrogens with zero attached hydrogens (tertiary/aromatic N) is 2. The van der Waals surface area contributed by atoms with Crippen LogP contribution < -0.4 is 5.53 Å². The first-order valence-corrected chi connectivity index (χ1v) is 1.91. The second-order valence-corrected chi connectivity index (χ2v) is 1.32. The SMILES string of the molecule is O=C1CN([O-])NN1[O-]. The number of carbonyl (C=O) groups excluding carboxylic acids is 1. The molecule has 0 saturated carbocycles. The molecule has 1 aliphatic heterocycles. The molecule has 0 atom stereocenters. The number of hydrazine groups is 2. The molecule has 1 fully saturated rings. The lowest BCUT2D eigenvalue weighted by Gasteiger charge is -2.25. The highest BCUT2D eigenvalue weighted by Gasteiger charge is 2.11. The van der Waals surface area contributed by atoms with Gasteiger partial charge >= 0.3 is 0 Å². The summed E-state index contributed by atoms with van der Waals surface area (Å²) in [6.07, 6.45) is 0. The lowest BCUT2D eigenvalue weighted by Crippen LogP contribution is -2.32. The topological polar surface area (TPSA) is 81.7 Å². The van der Waals surface area contributed by atoms with Gasteiger partial charge in [-0.25, -0.2) is 0 Å². The average molecular weight is 117 g/mol. The Morgan fingerprint density at radius 2 is 2.25 bits per heavy atom. The fraction of sp³-hybridized carbons (Fsp3) is 0.500. The summed E-state index contributed by atoms with van der Waals surface area (Å²) in [5, 5.41) is 20.1. The van der Waals surface area contributed by atoms with Crippen molar-refractivity contribution in [2.45, 2.75) is 0 Å². The Labute approximate surface area is 44.8 Å². The van der Waals surface area contributed by atoms with Crippen LogP contribution in [0.3, 0.4) is 0 Å². The average Bonchev–Trinajstić information content (AvgIpc) is 1.85. The number of hydrogen-bond donors (Lipinski definition) is 1. The van der Waals surface area contributed by atoms with Crippen molar-refractivity contribution in [1.29, 1.82) is 0 Å². The minimum Gasteiger partial charge on any atom is -0.770 e. The molecule has 0 radical (unpaired) electrons. The molecule has 0 bridgehead atoms. The van der Waals surface area contributed by atoms with E-state index in [0.717, 1.165) is 0 Å². The third-order valence-electron chi connectivity index (χ3n) is 0.708. The van der Waals surface area contributed by atoms with Crippen molar-refractivity contribution in [2.75, 3.05) is 6.54 Å². The molecule has 0 aromatic rings. The first kappa shape index (κ1) is 5.45. The summed E-state index contributed by atoms with van der Waals surface area (Å²) in [5.41, 5.74) is 1.67. The lowest BCUT2D eigenvalue weighted by molar-refractivity contribution is -0.125. The standard InChI is InChI=1S/C2H3N3O3/c6-2-1-4(7)3-5(2)8/h3H,1H2/q-2. The number of amides is 1. The summed E-state index contributed by atoms with van der Waals surface area (Å²) in [7, 11) is 0. The van der Waals surface area contributed by atoms with Crippen LogP contribution in [0.4, 0.5) is 0 Å². The predicted octanol–water partition coefficient (Wildman–Crippen LogP) is -1.45. The summed E-state index contributed by atoms with van der Waals surface area (Å²) < 4.78 is 0. The van der Waals surface area contributed by atoms with Crippen molar-refractivity contribution in [3.05, 3.63) is 10.4 Å². The van der Waals surface area contributed by atoms with Crippen LogP contribution in [0, 0.1) is 10.4 Å². The van der Waals surface area contributed by atoms with Gasteiger partial charge in [0.1, 0.15) is 0 Å². The molecule has 46 valence electrons. The van der Waals surface area contributed by atoms with E-state index in [2.05, 4.69) is 0 Å². The Balaban J connectivity index is 2.51. The Morgan fingerprint density at radius 1 is 1.62 bits per heavy atom. The van der Waals surface area contributed by atoms with Gasteiger partial charge in [0.25, 0.3) is 0 Å². The van der Waals surface area contributed by atoms with E-state index in [4.69, 9.17) is 0 Å². The van der Waals surface area contributed by atoms with Crippen molar-refractivity contribution >= 4 is 5.91 Å². The predicted molar refractivity (Wildman–Crippen MR) is 23.4 cm³/mol. The third-order valence-corrected chi connectivity index (χ3v) is 0.708. The molecular weight excluding hydrogens is 114 g/mol. The molecule has 1 N–H and O–H groups in total. The number of hydrogen-bond acceptors (Lipinski definition) is 5. The molecule has 0 aliphatic carbocycles. The molecule has 0 aromatic heterocycles. The molecule has 8 heavy (non-hydrogen) atoms. The summed E-state index contributed by atoms with van der Waals surface area (Å²) in [5.74, 6) is -0.764. The maximum absolute atomic E-state index is 10.1. The van der Waals surface area contributed by atoms with Gasteiger partial charge in [0.2, 0.25) is 5.91 Å². The van der Waals surface area contributed by atoms with Gasteiger partial charge in [-0.1, -0.05) is 0 Å². The van der Waals surface area contributed by atoms with Crippen LogP contribution in [0.2, 0.25) is 0 Å². The van der Waals surface area contributed by atoms with Crippen molar-refractivity contribution < 1.29 is 4.79 Å². The summed E-state index contributed by atoms with van der Waals surface area (Å²) in [6, 6.07) is 0. The molecule has 1 saturated heterocycles. The Kier molecular flexibility index (Phi) is 1.14. The summed E-state index contributed by atoms with van der Waals surface area (Å²) in [4.78, 5) is 10.1. The monoisotopic (exact) mass is 117 g/mol. The van der Waals surface area contributed by atoms with E-state index in [1.54, 1.807) is 5.53 Å². The quantitative estimate of drug-likeness (QED) is 0.419. The molecular formula is C2H3N3O3-2. The molecule has 1 amide bonds. The highest BCUT2D eigenvalue weighted by molar-refractivity contribution is 5.79. The summed E-state index contributed by atoms with van der Waals surface area (Å²) >= 11 is 0. The van der Waals surface area contributed by atoms with E-state index in [-0.39, 0.29) is 10.3 Å². The van der Waals surface area contributed by atoms with Crippen LogP contribution in [0.15, 0.2) is 0 Å². The van der Waals surface area contributed by atoms with Gasteiger partial charge in [-0.05, 0) is 0 Å². The molecule has 0 spiro atoms. The molecule has 1 rings (SSSR count). The number of carbonyl (C=O) groups is 1. The first-order valence-electron chi connectivity index (χ1n) is 1.91. The van der Waals surface area contributed by atoms with Gasteiger partial charge in [-0.2, -0.15) is 5.53 Å². The second kappa shape index (κ2) is 1.67. The van der Waals surface area contributed by atoms with Crippen LogP contribution in [0.1, 0.15) is 0 Å². The van der Waals surface area contributed by atoms with Gasteiger partial charge < -0.3 is 15.6 Å². The zero-order valence-corrected chi connectivity index (χ0v) is 3.83. The maximum Gasteiger partial charge on any atom is 0.242 e. The minimum absolute atomic E-state index is 0.104. The van der Waals surface area contributed by atoms with E-state index in [0.29, 0.717) is 0 Å². The van der Waals surface area contributed by atoms with E-state index >= 15 is 0 Å². The largest absolute Gasteiger partial charge is 0.770 e. The second-order valence-electron chi connectivity index (χ2n) is 1.32. The van der Waals surface area contributed by atoms with Gasteiger partial charge in [0.05, 0.1) is 6.54 Å². The van der Waals surface area contributed by atoms with Crippen molar-refractivity contribution in [3.8, 4) is 0 Å². The van der Waals surface area contributed by atoms with Gasteiger partial charge in [-0.3, -0.25) is 9.97 Å². The third kappa shape index (κ3) is 0.771. The smallest absolute Gasteiger partial charge is 0.242 e. The van der Waals surface area contributed by atoms with Crippen molar-refractivity contribution in [2.24, 2.45) is 0 Å². The number of rotatable bonds is 0. The minimum atomic E-state index is -0.764. The molecule has 1 heterocycles. The van der Waals surface area contributed by atoms with Gasteiger partial charge in [0.15, 0.2) is 0 Å². The van der Waals surface area contributed by atoms with E-state index in [1.165, 1.54) is 0 Å². The fourth-order valence-corrected chi connectivity index (χ4v) is 0.379. The normalized spacial score (nSPS) is 22.8. The Morgan fingerprint density at radius 3 is 2.38 bits per heavy atom. The van der Waals surface area contributed by atoms with E-state index in [9.17, 15) is 15.2 Å². The Hall–Kier alpha value is -0.690. The molecule has 6 nitrogen and oxygen atoms in total. The maximum atomic E-state index is 10.1. The van der Waals surface area contributed by atoms with Crippen molar-refractivity contribution in [3.63, 3.8) is 0 Å². The van der Waals surface area contributed by atoms with E-state index in [1.807, 2.05) is 0 Å². The number of nitrogens with one attached hydrogen (secondary N) is 1. The van der Waals surface area contributed by atoms with Gasteiger partial charge in [0, 0.05) is 0 Å². The van der Waals surface area contributed by atoms with Crippen LogP contribution in [0.5, 0.6) is 0 Å². The molecule has 6 heteroatoms. The highest BCUT2D eigenvalue weighted by Crippen LogP contribution is 1.93. The Bertz CT molecular complexity index is 115. The van der Waals surface area contributed by atoms with E-state index < -0.39 is 12.5 Å². The van der Waals surface area contributed by atoms with Crippen LogP contribution in [-0.2, 0) is 4.79 Å². The first-order chi connectivity index (χ1) is 3.70. The zero-order valence-electron chi connectivity index (χ0n) is 3.83. The zero-order chi connectivity index (χ0) is 6.15. The molecule has 0 aromatic carbocycles. The highest BCUT2D eigenvalue weighted by atomic mass is 16.6. The van der Waals surface area contributed by atoms with Crippen molar-refractivity contribution in [1.82, 2.24) is 15.9 Å². The number of hydroxylamine groups is 2. The van der Waals surface area contributed by atoms with Crippen LogP contribution in [0.25, 0.3) is 0 Å².